The Kier molecular flexibility index (Phi) is 4.80. The van der Waals surface area contributed by atoms with E-state index in [1.807, 2.05) is 11.8 Å². The molecule has 8 aromatic rings. The Morgan fingerprint density at radius 2 is 0.978 bits per heavy atom. The molecule has 0 amide bonds. The largest absolute Gasteiger partial charge is 0.0888 e. The number of fused-ring (bicyclic) bond motifs is 14. The molecule has 0 radical (unpaired) electrons. The Labute approximate surface area is 272 Å². The van der Waals surface area contributed by atoms with Crippen molar-refractivity contribution in [2.45, 2.75) is 15.2 Å². The molecule has 0 fully saturated rings. The molecule has 0 aromatic heterocycles. The summed E-state index contributed by atoms with van der Waals surface area (Å²) in [4.78, 5) is 2.66. The molecular formula is C45H26S. The van der Waals surface area contributed by atoms with Crippen LogP contribution in [0, 0.1) is 0 Å². The highest BCUT2D eigenvalue weighted by Gasteiger charge is 2.53. The van der Waals surface area contributed by atoms with Crippen molar-refractivity contribution in [1.29, 1.82) is 0 Å². The van der Waals surface area contributed by atoms with Crippen molar-refractivity contribution in [2.75, 3.05) is 0 Å². The molecule has 0 saturated carbocycles. The van der Waals surface area contributed by atoms with Crippen LogP contribution in [0.4, 0.5) is 0 Å². The van der Waals surface area contributed by atoms with Crippen LogP contribution in [0.3, 0.4) is 0 Å². The van der Waals surface area contributed by atoms with Gasteiger partial charge in [0.05, 0.1) is 5.41 Å². The van der Waals surface area contributed by atoms with Crippen LogP contribution in [0.25, 0.3) is 66.1 Å². The van der Waals surface area contributed by atoms with Gasteiger partial charge < -0.3 is 0 Å². The number of benzene rings is 8. The normalized spacial score (nSPS) is 16.3. The third-order valence-corrected chi connectivity index (χ3v) is 11.8. The summed E-state index contributed by atoms with van der Waals surface area (Å²) in [5, 5.41) is 5.28. The van der Waals surface area contributed by atoms with Crippen molar-refractivity contribution in [3.8, 4) is 44.5 Å². The molecule has 0 saturated heterocycles. The molecule has 212 valence electrons. The van der Waals surface area contributed by atoms with E-state index in [1.165, 1.54) is 98.1 Å². The highest BCUT2D eigenvalue weighted by Crippen LogP contribution is 2.65. The lowest BCUT2D eigenvalue weighted by Crippen LogP contribution is -2.27. The Bertz CT molecular complexity index is 2610. The van der Waals surface area contributed by atoms with Gasteiger partial charge in [-0.1, -0.05) is 151 Å². The summed E-state index contributed by atoms with van der Waals surface area (Å²) in [6, 6.07) is 59.5. The minimum Gasteiger partial charge on any atom is -0.0888 e. The van der Waals surface area contributed by atoms with Gasteiger partial charge in [0.15, 0.2) is 0 Å². The Morgan fingerprint density at radius 1 is 0.370 bits per heavy atom. The van der Waals surface area contributed by atoms with Gasteiger partial charge >= 0.3 is 0 Å². The predicted molar refractivity (Wildman–Crippen MR) is 193 cm³/mol. The maximum atomic E-state index is 2.46. The highest BCUT2D eigenvalue weighted by atomic mass is 32.2. The first kappa shape index (κ1) is 24.9. The molecule has 8 aromatic carbocycles. The summed E-state index contributed by atoms with van der Waals surface area (Å²) < 4.78 is 0. The lowest BCUT2D eigenvalue weighted by Gasteiger charge is -2.33. The first-order chi connectivity index (χ1) is 22.8. The van der Waals surface area contributed by atoms with E-state index in [0.29, 0.717) is 0 Å². The van der Waals surface area contributed by atoms with E-state index in [2.05, 4.69) is 158 Å². The first-order valence-corrected chi connectivity index (χ1v) is 16.8. The van der Waals surface area contributed by atoms with Crippen molar-refractivity contribution in [2.24, 2.45) is 0 Å². The lowest BCUT2D eigenvalue weighted by atomic mass is 9.67. The van der Waals surface area contributed by atoms with Crippen LogP contribution in [0.1, 0.15) is 22.3 Å². The van der Waals surface area contributed by atoms with Gasteiger partial charge in [0.2, 0.25) is 0 Å². The van der Waals surface area contributed by atoms with Gasteiger partial charge in [-0.2, -0.15) is 0 Å². The average molecular weight is 599 g/mol. The fourth-order valence-corrected chi connectivity index (χ4v) is 10.2. The fraction of sp³-hybridized carbons (Fsp3) is 0.0222. The van der Waals surface area contributed by atoms with Gasteiger partial charge in [-0.15, -0.1) is 0 Å². The minimum absolute atomic E-state index is 0.427. The van der Waals surface area contributed by atoms with Gasteiger partial charge in [0.25, 0.3) is 0 Å². The van der Waals surface area contributed by atoms with E-state index < -0.39 is 5.41 Å². The van der Waals surface area contributed by atoms with Crippen molar-refractivity contribution in [1.82, 2.24) is 0 Å². The maximum absolute atomic E-state index is 2.46. The molecule has 46 heavy (non-hydrogen) atoms. The quantitative estimate of drug-likeness (QED) is 0.181. The SMILES string of the molecule is c1ccc2c(c1)Sc1cc(-c3cccc4c3C3(c5ccccc5-4)c4ccccc4-c4ccc5ccccc5c43)cc3cccc-2c13. The zero-order valence-electron chi connectivity index (χ0n) is 24.9. The van der Waals surface area contributed by atoms with Crippen molar-refractivity contribution in [3.63, 3.8) is 0 Å². The molecule has 1 spiro atoms. The number of rotatable bonds is 1. The van der Waals surface area contributed by atoms with Crippen molar-refractivity contribution >= 4 is 33.3 Å². The van der Waals surface area contributed by atoms with Gasteiger partial charge in [0.1, 0.15) is 0 Å². The van der Waals surface area contributed by atoms with Crippen LogP contribution in [-0.2, 0) is 5.41 Å². The average Bonchev–Trinajstić information content (AvgIpc) is 3.59. The molecule has 1 aliphatic heterocycles. The third-order valence-electron chi connectivity index (χ3n) is 10.6. The van der Waals surface area contributed by atoms with Crippen molar-refractivity contribution < 1.29 is 0 Å². The zero-order valence-corrected chi connectivity index (χ0v) is 25.7. The van der Waals surface area contributed by atoms with E-state index >= 15 is 0 Å². The summed E-state index contributed by atoms with van der Waals surface area (Å²) >= 11 is 1.91. The molecule has 1 heterocycles. The summed E-state index contributed by atoms with van der Waals surface area (Å²) in [7, 11) is 0. The topological polar surface area (TPSA) is 0 Å². The molecule has 0 N–H and O–H groups in total. The molecule has 3 aliphatic rings. The van der Waals surface area contributed by atoms with Crippen LogP contribution < -0.4 is 0 Å². The van der Waals surface area contributed by atoms with Crippen LogP contribution in [0.5, 0.6) is 0 Å². The standard InChI is InChI=1S/C45H26S/c1-2-13-30-27(11-1)23-24-37-33-15-4-7-21-39(33)45(43(30)37)38-20-6-3-14-32(38)36-19-10-17-31(44(36)45)29-25-28-12-9-18-35-34-16-5-8-22-40(34)46-41(26-29)42(28)35/h1-26H. The summed E-state index contributed by atoms with van der Waals surface area (Å²) in [5.74, 6) is 0. The predicted octanol–water partition coefficient (Wildman–Crippen LogP) is 12.1. The fourth-order valence-electron chi connectivity index (χ4n) is 8.97. The second kappa shape index (κ2) is 8.88. The smallest absolute Gasteiger partial charge is 0.0737 e. The van der Waals surface area contributed by atoms with Crippen molar-refractivity contribution in [3.05, 3.63) is 180 Å². The Morgan fingerprint density at radius 3 is 1.83 bits per heavy atom. The van der Waals surface area contributed by atoms with E-state index in [4.69, 9.17) is 0 Å². The molecule has 1 heteroatoms. The summed E-state index contributed by atoms with van der Waals surface area (Å²) in [6.07, 6.45) is 0. The molecule has 0 nitrogen and oxygen atoms in total. The number of hydrogen-bond donors (Lipinski definition) is 0. The van der Waals surface area contributed by atoms with Gasteiger partial charge in [0, 0.05) is 15.2 Å². The van der Waals surface area contributed by atoms with Crippen LogP contribution in [0.2, 0.25) is 0 Å². The molecular weight excluding hydrogens is 573 g/mol. The molecule has 11 rings (SSSR count). The van der Waals surface area contributed by atoms with E-state index in [9.17, 15) is 0 Å². The molecule has 1 atom stereocenters. The minimum atomic E-state index is -0.427. The van der Waals surface area contributed by atoms with Gasteiger partial charge in [-0.3, -0.25) is 0 Å². The monoisotopic (exact) mass is 598 g/mol. The summed E-state index contributed by atoms with van der Waals surface area (Å²) in [6.45, 7) is 0. The van der Waals surface area contributed by atoms with Gasteiger partial charge in [-0.25, -0.2) is 0 Å². The third kappa shape index (κ3) is 2.97. The molecule has 0 bridgehead atoms. The molecule has 1 unspecified atom stereocenters. The lowest BCUT2D eigenvalue weighted by molar-refractivity contribution is 0.803. The van der Waals surface area contributed by atoms with E-state index in [0.717, 1.165) is 0 Å². The maximum Gasteiger partial charge on any atom is 0.0737 e. The van der Waals surface area contributed by atoms with Crippen LogP contribution in [0.15, 0.2) is 168 Å². The highest BCUT2D eigenvalue weighted by molar-refractivity contribution is 7.99. The first-order valence-electron chi connectivity index (χ1n) is 16.0. The molecule has 2 aliphatic carbocycles. The second-order valence-corrected chi connectivity index (χ2v) is 13.8. The number of hydrogen-bond acceptors (Lipinski definition) is 1. The Hall–Kier alpha value is -5.37. The Balaban J connectivity index is 1.29. The zero-order chi connectivity index (χ0) is 30.0. The van der Waals surface area contributed by atoms with Crippen LogP contribution in [-0.4, -0.2) is 0 Å². The second-order valence-electron chi connectivity index (χ2n) is 12.8. The van der Waals surface area contributed by atoms with E-state index in [-0.39, 0.29) is 0 Å². The van der Waals surface area contributed by atoms with Gasteiger partial charge in [-0.05, 0) is 101 Å². The van der Waals surface area contributed by atoms with Crippen LogP contribution >= 0.6 is 11.8 Å². The summed E-state index contributed by atoms with van der Waals surface area (Å²) in [5.41, 5.74) is 15.8. The van der Waals surface area contributed by atoms with E-state index in [1.54, 1.807) is 0 Å².